The first kappa shape index (κ1) is 21.8. The van der Waals surface area contributed by atoms with Crippen molar-refractivity contribution in [2.24, 2.45) is 5.92 Å². The summed E-state index contributed by atoms with van der Waals surface area (Å²) in [6.07, 6.45) is 1.75. The smallest absolute Gasteiger partial charge is 0.404 e. The van der Waals surface area contributed by atoms with Crippen LogP contribution in [0.1, 0.15) is 19.3 Å². The lowest BCUT2D eigenvalue weighted by Gasteiger charge is -2.37. The average molecular weight is 428 g/mol. The van der Waals surface area contributed by atoms with Crippen molar-refractivity contribution in [3.63, 3.8) is 0 Å². The topological polar surface area (TPSA) is 124 Å². The summed E-state index contributed by atoms with van der Waals surface area (Å²) in [6, 6.07) is 1.92. The third-order valence-corrected chi connectivity index (χ3v) is 5.36. The van der Waals surface area contributed by atoms with E-state index in [4.69, 9.17) is 28.9 Å². The van der Waals surface area contributed by atoms with Gasteiger partial charge in [-0.25, -0.2) is 9.78 Å². The van der Waals surface area contributed by atoms with Crippen molar-refractivity contribution in [2.75, 3.05) is 19.4 Å². The Hall–Kier alpha value is -2.46. The van der Waals surface area contributed by atoms with Crippen LogP contribution >= 0.6 is 23.8 Å². The predicted molar refractivity (Wildman–Crippen MR) is 108 cm³/mol. The number of rotatable bonds is 4. The number of hydrogen-bond acceptors (Lipinski definition) is 5. The van der Waals surface area contributed by atoms with Crippen LogP contribution in [0.15, 0.2) is 18.3 Å². The number of nitrogens with one attached hydrogen (secondary N) is 3. The minimum atomic E-state index is -1.20. The molecule has 0 bridgehead atoms. The summed E-state index contributed by atoms with van der Waals surface area (Å²) < 4.78 is 0. The number of thiocarbonyl (C=S) groups is 1. The molecule has 0 radical (unpaired) electrons. The normalized spacial score (nSPS) is 21.3. The Morgan fingerprint density at radius 1 is 1.18 bits per heavy atom. The number of carbonyl (C=O) groups is 3. The van der Waals surface area contributed by atoms with Crippen LogP contribution in [0.2, 0.25) is 5.02 Å². The monoisotopic (exact) mass is 427 g/mol. The quantitative estimate of drug-likeness (QED) is 0.424. The highest BCUT2D eigenvalue weighted by Gasteiger charge is 2.35. The summed E-state index contributed by atoms with van der Waals surface area (Å²) in [5.41, 5.74) is 0. The summed E-state index contributed by atoms with van der Waals surface area (Å²) in [6.45, 7) is 0. The van der Waals surface area contributed by atoms with E-state index in [-0.39, 0.29) is 11.7 Å². The third-order valence-electron chi connectivity index (χ3n) is 4.44. The Bertz CT molecular complexity index is 758. The molecule has 0 unspecified atom stereocenters. The molecule has 0 spiro atoms. The number of hydrogen-bond donors (Lipinski definition) is 4. The van der Waals surface area contributed by atoms with Crippen molar-refractivity contribution >= 4 is 52.5 Å². The van der Waals surface area contributed by atoms with E-state index in [2.05, 4.69) is 20.9 Å². The van der Waals surface area contributed by atoms with Crippen LogP contribution in [-0.2, 0) is 9.59 Å². The number of anilines is 1. The fourth-order valence-corrected chi connectivity index (χ4v) is 3.43. The maximum Gasteiger partial charge on any atom is 0.404 e. The molecular weight excluding hydrogens is 406 g/mol. The number of nitrogens with zero attached hydrogens (tertiary/aromatic N) is 2. The van der Waals surface area contributed by atoms with Gasteiger partial charge in [-0.05, 0) is 31.4 Å². The summed E-state index contributed by atoms with van der Waals surface area (Å²) in [7, 11) is 3.68. The second-order valence-corrected chi connectivity index (χ2v) is 7.55. The second kappa shape index (κ2) is 9.65. The maximum atomic E-state index is 12.3. The number of carboxylic acid groups (broad SMARTS) is 1. The molecule has 0 saturated heterocycles. The number of amides is 3. The molecule has 1 aliphatic rings. The number of aromatic nitrogens is 1. The lowest BCUT2D eigenvalue weighted by Crippen LogP contribution is -2.57. The van der Waals surface area contributed by atoms with E-state index in [1.54, 1.807) is 0 Å². The van der Waals surface area contributed by atoms with Crippen molar-refractivity contribution in [1.29, 1.82) is 0 Å². The molecule has 0 aliphatic heterocycles. The van der Waals surface area contributed by atoms with Gasteiger partial charge in [0.2, 0.25) is 0 Å². The van der Waals surface area contributed by atoms with E-state index in [1.807, 2.05) is 19.0 Å². The van der Waals surface area contributed by atoms with Crippen LogP contribution in [0, 0.1) is 5.92 Å². The number of carbonyl (C=O) groups excluding carboxylic acids is 2. The lowest BCUT2D eigenvalue weighted by atomic mass is 9.82. The summed E-state index contributed by atoms with van der Waals surface area (Å²) in [5, 5.41) is 16.9. The Morgan fingerprint density at radius 3 is 2.46 bits per heavy atom. The molecule has 1 heterocycles. The molecular formula is C17H22ClN5O4S. The van der Waals surface area contributed by atoms with E-state index >= 15 is 0 Å². The highest BCUT2D eigenvalue weighted by molar-refractivity contribution is 7.80. The van der Waals surface area contributed by atoms with Crippen molar-refractivity contribution in [2.45, 2.75) is 31.3 Å². The minimum Gasteiger partial charge on any atom is -0.465 e. The van der Waals surface area contributed by atoms with Crippen LogP contribution in [0.4, 0.5) is 10.6 Å². The molecule has 1 aliphatic carbocycles. The van der Waals surface area contributed by atoms with Gasteiger partial charge in [-0.1, -0.05) is 23.8 Å². The molecule has 1 fully saturated rings. The molecule has 9 nitrogen and oxygen atoms in total. The van der Waals surface area contributed by atoms with E-state index in [0.717, 1.165) is 4.99 Å². The zero-order valence-corrected chi connectivity index (χ0v) is 17.0. The fourth-order valence-electron chi connectivity index (χ4n) is 3.11. The van der Waals surface area contributed by atoms with Gasteiger partial charge in [-0.15, -0.1) is 0 Å². The Morgan fingerprint density at radius 2 is 1.89 bits per heavy atom. The van der Waals surface area contributed by atoms with E-state index < -0.39 is 30.0 Å². The number of halogens is 1. The van der Waals surface area contributed by atoms with Crippen molar-refractivity contribution in [3.8, 4) is 0 Å². The van der Waals surface area contributed by atoms with Gasteiger partial charge in [0, 0.05) is 32.3 Å². The zero-order chi connectivity index (χ0) is 20.8. The van der Waals surface area contributed by atoms with Gasteiger partial charge in [-0.3, -0.25) is 9.59 Å². The highest BCUT2D eigenvalue weighted by Crippen LogP contribution is 2.27. The molecule has 0 aromatic carbocycles. The predicted octanol–water partition coefficient (Wildman–Crippen LogP) is 1.48. The van der Waals surface area contributed by atoms with Crippen molar-refractivity contribution in [1.82, 2.24) is 20.5 Å². The van der Waals surface area contributed by atoms with Gasteiger partial charge >= 0.3 is 17.9 Å². The second-order valence-electron chi connectivity index (χ2n) is 6.69. The van der Waals surface area contributed by atoms with Crippen LogP contribution in [0.5, 0.6) is 0 Å². The largest absolute Gasteiger partial charge is 0.465 e. The van der Waals surface area contributed by atoms with Crippen molar-refractivity contribution < 1.29 is 19.5 Å². The molecule has 1 aromatic heterocycles. The molecule has 1 saturated carbocycles. The van der Waals surface area contributed by atoms with Crippen LogP contribution in [0.25, 0.3) is 0 Å². The average Bonchev–Trinajstić information content (AvgIpc) is 2.63. The Kier molecular flexibility index (Phi) is 7.53. The molecule has 11 heteroatoms. The molecule has 2 rings (SSSR count). The zero-order valence-electron chi connectivity index (χ0n) is 15.4. The molecule has 152 valence electrons. The van der Waals surface area contributed by atoms with Crippen LogP contribution in [-0.4, -0.2) is 64.1 Å². The van der Waals surface area contributed by atoms with Gasteiger partial charge in [0.15, 0.2) is 0 Å². The first-order valence-corrected chi connectivity index (χ1v) is 9.40. The van der Waals surface area contributed by atoms with Crippen molar-refractivity contribution in [3.05, 3.63) is 23.4 Å². The summed E-state index contributed by atoms with van der Waals surface area (Å²) in [5.74, 6) is -1.56. The summed E-state index contributed by atoms with van der Waals surface area (Å²) in [4.78, 5) is 41.9. The van der Waals surface area contributed by atoms with E-state index in [0.29, 0.717) is 24.3 Å². The molecule has 4 N–H and O–H groups in total. The van der Waals surface area contributed by atoms with Gasteiger partial charge in [0.1, 0.15) is 5.82 Å². The minimum absolute atomic E-state index is 0.0158. The van der Waals surface area contributed by atoms with Gasteiger partial charge in [0.25, 0.3) is 0 Å². The Balaban J connectivity index is 2.00. The SMILES string of the molecule is CN(C)C(=S)[C@H]1CC[C@H](NC(=O)C(=O)Nc2ccc(Cl)cn2)[C@H](NC(=O)O)C1. The first-order chi connectivity index (χ1) is 13.2. The fraction of sp³-hybridized carbons (Fsp3) is 0.471. The Labute approximate surface area is 172 Å². The highest BCUT2D eigenvalue weighted by atomic mass is 35.5. The molecule has 3 atom stereocenters. The molecule has 3 amide bonds. The molecule has 1 aromatic rings. The first-order valence-electron chi connectivity index (χ1n) is 8.61. The lowest BCUT2D eigenvalue weighted by molar-refractivity contribution is -0.136. The third kappa shape index (κ3) is 6.03. The van der Waals surface area contributed by atoms with E-state index in [9.17, 15) is 14.4 Å². The van der Waals surface area contributed by atoms with Gasteiger partial charge in [-0.2, -0.15) is 0 Å². The summed E-state index contributed by atoms with van der Waals surface area (Å²) >= 11 is 11.1. The number of pyridine rings is 1. The maximum absolute atomic E-state index is 12.3. The standard InChI is InChI=1S/C17H22ClN5O4S/c1-23(2)16(28)9-3-5-11(12(7-9)21-17(26)27)20-14(24)15(25)22-13-6-4-10(18)8-19-13/h4,6,8-9,11-12,21H,3,5,7H2,1-2H3,(H,20,24)(H,26,27)(H,19,22,25)/t9-,11-,12+/m0/s1. The molecule has 28 heavy (non-hydrogen) atoms. The van der Waals surface area contributed by atoms with Crippen LogP contribution < -0.4 is 16.0 Å². The van der Waals surface area contributed by atoms with E-state index in [1.165, 1.54) is 18.3 Å². The van der Waals surface area contributed by atoms with Crippen LogP contribution in [0.3, 0.4) is 0 Å². The van der Waals surface area contributed by atoms with Gasteiger partial charge in [0.05, 0.1) is 16.1 Å². The van der Waals surface area contributed by atoms with Gasteiger partial charge < -0.3 is 26.0 Å².